The fourth-order valence-electron chi connectivity index (χ4n) is 1.97. The Morgan fingerprint density at radius 3 is 2.68 bits per heavy atom. The highest BCUT2D eigenvalue weighted by Gasteiger charge is 2.10. The van der Waals surface area contributed by atoms with E-state index in [1.807, 2.05) is 0 Å². The lowest BCUT2D eigenvalue weighted by Gasteiger charge is -2.05. The molecule has 0 spiro atoms. The van der Waals surface area contributed by atoms with E-state index in [0.29, 0.717) is 26.0 Å². The quantitative estimate of drug-likeness (QED) is 0.635. The van der Waals surface area contributed by atoms with Gasteiger partial charge in [0.1, 0.15) is 11.6 Å². The van der Waals surface area contributed by atoms with Crippen molar-refractivity contribution in [2.45, 2.75) is 0 Å². The highest BCUT2D eigenvalue weighted by Crippen LogP contribution is 2.25. The maximum absolute atomic E-state index is 13.5. The van der Waals surface area contributed by atoms with Crippen molar-refractivity contribution < 1.29 is 8.78 Å². The molecular formula is C13H7BrF2N2S. The zero-order valence-corrected chi connectivity index (χ0v) is 11.9. The summed E-state index contributed by atoms with van der Waals surface area (Å²) in [4.78, 5) is 2.91. The lowest BCUT2D eigenvalue weighted by Crippen LogP contribution is -1.94. The number of rotatable bonds is 1. The summed E-state index contributed by atoms with van der Waals surface area (Å²) in [6, 6.07) is 9.04. The summed E-state index contributed by atoms with van der Waals surface area (Å²) in [6.07, 6.45) is 0. The Morgan fingerprint density at radius 1 is 1.16 bits per heavy atom. The molecule has 0 amide bonds. The smallest absolute Gasteiger partial charge is 0.182 e. The third-order valence-electron chi connectivity index (χ3n) is 2.79. The average molecular weight is 341 g/mol. The van der Waals surface area contributed by atoms with Gasteiger partial charge in [-0.3, -0.25) is 4.57 Å². The molecule has 0 saturated carbocycles. The molecule has 0 fully saturated rings. The van der Waals surface area contributed by atoms with Gasteiger partial charge in [0.25, 0.3) is 0 Å². The molecule has 96 valence electrons. The van der Waals surface area contributed by atoms with E-state index in [-0.39, 0.29) is 11.6 Å². The highest BCUT2D eigenvalue weighted by atomic mass is 79.9. The minimum atomic E-state index is -0.379. The average Bonchev–Trinajstić information content (AvgIpc) is 2.65. The van der Waals surface area contributed by atoms with E-state index >= 15 is 0 Å². The van der Waals surface area contributed by atoms with Gasteiger partial charge >= 0.3 is 0 Å². The van der Waals surface area contributed by atoms with Gasteiger partial charge in [0.05, 0.1) is 21.2 Å². The van der Waals surface area contributed by atoms with Gasteiger partial charge in [0, 0.05) is 6.07 Å². The van der Waals surface area contributed by atoms with Gasteiger partial charge in [-0.15, -0.1) is 0 Å². The number of fused-ring (bicyclic) bond motifs is 1. The maximum atomic E-state index is 13.5. The largest absolute Gasteiger partial charge is 0.330 e. The van der Waals surface area contributed by atoms with Gasteiger partial charge in [0.15, 0.2) is 4.77 Å². The molecule has 0 bridgehead atoms. The van der Waals surface area contributed by atoms with Crippen molar-refractivity contribution in [3.8, 4) is 5.69 Å². The molecule has 0 atom stereocenters. The molecule has 3 rings (SSSR count). The van der Waals surface area contributed by atoms with E-state index in [4.69, 9.17) is 12.2 Å². The molecule has 1 N–H and O–H groups in total. The van der Waals surface area contributed by atoms with Gasteiger partial charge in [-0.05, 0) is 52.4 Å². The number of aromatic amines is 1. The van der Waals surface area contributed by atoms with Crippen molar-refractivity contribution in [1.82, 2.24) is 9.55 Å². The molecule has 0 aliphatic carbocycles. The summed E-state index contributed by atoms with van der Waals surface area (Å²) in [7, 11) is 0. The molecule has 1 heterocycles. The van der Waals surface area contributed by atoms with Crippen LogP contribution in [0.5, 0.6) is 0 Å². The zero-order valence-electron chi connectivity index (χ0n) is 9.45. The van der Waals surface area contributed by atoms with Crippen LogP contribution in [0.3, 0.4) is 0 Å². The van der Waals surface area contributed by atoms with Crippen LogP contribution in [0, 0.1) is 16.4 Å². The number of benzene rings is 2. The van der Waals surface area contributed by atoms with Crippen molar-refractivity contribution in [3.63, 3.8) is 0 Å². The standard InChI is InChI=1S/C13H7BrF2N2S/c14-9-5-12-11(6-10(9)16)17-13(19)18(12)8-3-1-2-7(15)4-8/h1-6H,(H,17,19). The number of hydrogen-bond acceptors (Lipinski definition) is 1. The van der Waals surface area contributed by atoms with E-state index < -0.39 is 0 Å². The Labute approximate surface area is 120 Å². The van der Waals surface area contributed by atoms with E-state index in [2.05, 4.69) is 20.9 Å². The fraction of sp³-hybridized carbons (Fsp3) is 0. The van der Waals surface area contributed by atoms with Crippen molar-refractivity contribution >= 4 is 39.2 Å². The Bertz CT molecular complexity index is 838. The normalized spacial score (nSPS) is 11.1. The van der Waals surface area contributed by atoms with Crippen LogP contribution in [0.15, 0.2) is 40.9 Å². The van der Waals surface area contributed by atoms with E-state index in [0.717, 1.165) is 0 Å². The number of nitrogens with one attached hydrogen (secondary N) is 1. The summed E-state index contributed by atoms with van der Waals surface area (Å²) in [5.74, 6) is -0.731. The van der Waals surface area contributed by atoms with Crippen LogP contribution in [0.1, 0.15) is 0 Å². The van der Waals surface area contributed by atoms with Crippen molar-refractivity contribution in [2.24, 2.45) is 0 Å². The molecule has 2 aromatic carbocycles. The fourth-order valence-corrected chi connectivity index (χ4v) is 2.62. The number of hydrogen-bond donors (Lipinski definition) is 1. The Hall–Kier alpha value is -1.53. The summed E-state index contributed by atoms with van der Waals surface area (Å²) in [5.41, 5.74) is 1.84. The Balaban J connectivity index is 2.38. The molecule has 1 aromatic heterocycles. The molecule has 0 unspecified atom stereocenters. The van der Waals surface area contributed by atoms with Crippen LogP contribution in [0.25, 0.3) is 16.7 Å². The van der Waals surface area contributed by atoms with Crippen LogP contribution >= 0.6 is 28.1 Å². The topological polar surface area (TPSA) is 20.7 Å². The van der Waals surface area contributed by atoms with Crippen molar-refractivity contribution in [2.75, 3.05) is 0 Å². The molecule has 0 saturated heterocycles. The number of H-pyrrole nitrogens is 1. The molecule has 0 aliphatic heterocycles. The Kier molecular flexibility index (Phi) is 2.99. The van der Waals surface area contributed by atoms with Gasteiger partial charge in [-0.2, -0.15) is 0 Å². The third kappa shape index (κ3) is 2.11. The van der Waals surface area contributed by atoms with E-state index in [9.17, 15) is 8.78 Å². The third-order valence-corrected chi connectivity index (χ3v) is 3.68. The second-order valence-electron chi connectivity index (χ2n) is 4.03. The molecular weight excluding hydrogens is 334 g/mol. The lowest BCUT2D eigenvalue weighted by molar-refractivity contribution is 0.622. The molecule has 19 heavy (non-hydrogen) atoms. The van der Waals surface area contributed by atoms with Crippen LogP contribution < -0.4 is 0 Å². The molecule has 0 radical (unpaired) electrons. The van der Waals surface area contributed by atoms with Gasteiger partial charge in [-0.1, -0.05) is 6.07 Å². The SMILES string of the molecule is Fc1cccc(-n2c(=S)[nH]c3cc(F)c(Br)cc32)c1. The Morgan fingerprint density at radius 2 is 1.95 bits per heavy atom. The monoisotopic (exact) mass is 340 g/mol. The van der Waals surface area contributed by atoms with Crippen LogP contribution in [0.4, 0.5) is 8.78 Å². The zero-order chi connectivity index (χ0) is 13.6. The highest BCUT2D eigenvalue weighted by molar-refractivity contribution is 9.10. The second kappa shape index (κ2) is 4.54. The predicted molar refractivity (Wildman–Crippen MR) is 76.1 cm³/mol. The summed E-state index contributed by atoms with van der Waals surface area (Å²) < 4.78 is 29.2. The first kappa shape index (κ1) is 12.5. The van der Waals surface area contributed by atoms with Gasteiger partial charge < -0.3 is 4.98 Å². The van der Waals surface area contributed by atoms with Crippen LogP contribution in [-0.2, 0) is 0 Å². The van der Waals surface area contributed by atoms with Crippen LogP contribution in [0.2, 0.25) is 0 Å². The van der Waals surface area contributed by atoms with Gasteiger partial charge in [-0.25, -0.2) is 8.78 Å². The first-order valence-corrected chi connectivity index (χ1v) is 6.62. The minimum Gasteiger partial charge on any atom is -0.330 e. The van der Waals surface area contributed by atoms with E-state index in [1.165, 1.54) is 18.2 Å². The first-order chi connectivity index (χ1) is 9.06. The molecule has 3 aromatic rings. The number of imidazole rings is 1. The maximum Gasteiger partial charge on any atom is 0.182 e. The number of nitrogens with zero attached hydrogens (tertiary/aromatic N) is 1. The molecule has 0 aliphatic rings. The number of aromatic nitrogens is 2. The lowest BCUT2D eigenvalue weighted by atomic mass is 10.2. The van der Waals surface area contributed by atoms with Crippen molar-refractivity contribution in [1.29, 1.82) is 0 Å². The minimum absolute atomic E-state index is 0.333. The summed E-state index contributed by atoms with van der Waals surface area (Å²) in [5, 5.41) is 0. The van der Waals surface area contributed by atoms with Crippen molar-refractivity contribution in [3.05, 3.63) is 57.3 Å². The van der Waals surface area contributed by atoms with E-state index in [1.54, 1.807) is 22.8 Å². The summed E-state index contributed by atoms with van der Waals surface area (Å²) >= 11 is 8.35. The molecule has 6 heteroatoms. The second-order valence-corrected chi connectivity index (χ2v) is 5.27. The summed E-state index contributed by atoms with van der Waals surface area (Å²) in [6.45, 7) is 0. The van der Waals surface area contributed by atoms with Gasteiger partial charge in [0.2, 0.25) is 0 Å². The van der Waals surface area contributed by atoms with Crippen LogP contribution in [-0.4, -0.2) is 9.55 Å². The number of halogens is 3. The first-order valence-electron chi connectivity index (χ1n) is 5.42. The molecule has 2 nitrogen and oxygen atoms in total. The predicted octanol–water partition coefficient (Wildman–Crippen LogP) is 4.73.